The highest BCUT2D eigenvalue weighted by Gasteiger charge is 2.16. The molecule has 19 heavy (non-hydrogen) atoms. The van der Waals surface area contributed by atoms with E-state index in [1.54, 1.807) is 32.4 Å². The van der Waals surface area contributed by atoms with Gasteiger partial charge in [0.15, 0.2) is 0 Å². The number of nitrogen functional groups attached to an aromatic ring is 1. The van der Waals surface area contributed by atoms with Gasteiger partial charge in [-0.05, 0) is 13.0 Å². The smallest absolute Gasteiger partial charge is 0.263 e. The fourth-order valence-electron chi connectivity index (χ4n) is 1.63. The Labute approximate surface area is 108 Å². The maximum absolute atomic E-state index is 5.85. The highest BCUT2D eigenvalue weighted by atomic mass is 16.5. The van der Waals surface area contributed by atoms with E-state index in [1.165, 1.54) is 4.68 Å². The van der Waals surface area contributed by atoms with Crippen LogP contribution in [-0.2, 0) is 7.05 Å². The van der Waals surface area contributed by atoms with Crippen LogP contribution in [-0.4, -0.2) is 29.9 Å². The SMILES string of the molecule is Cc1nccc(-c2noc(-c3cnn(C)c3N)n2)n1. The third-order valence-corrected chi connectivity index (χ3v) is 2.65. The Kier molecular flexibility index (Phi) is 2.48. The third-order valence-electron chi connectivity index (χ3n) is 2.65. The molecule has 0 aliphatic heterocycles. The van der Waals surface area contributed by atoms with Crippen LogP contribution in [0.25, 0.3) is 23.0 Å². The zero-order valence-corrected chi connectivity index (χ0v) is 10.4. The highest BCUT2D eigenvalue weighted by molar-refractivity contribution is 5.67. The molecule has 0 saturated carbocycles. The van der Waals surface area contributed by atoms with Crippen LogP contribution in [0.2, 0.25) is 0 Å². The molecule has 0 aliphatic rings. The first-order valence-corrected chi connectivity index (χ1v) is 5.56. The van der Waals surface area contributed by atoms with E-state index < -0.39 is 0 Å². The van der Waals surface area contributed by atoms with E-state index in [2.05, 4.69) is 25.2 Å². The Bertz CT molecular complexity index is 730. The van der Waals surface area contributed by atoms with Gasteiger partial charge in [-0.2, -0.15) is 10.1 Å². The second-order valence-electron chi connectivity index (χ2n) is 3.98. The van der Waals surface area contributed by atoms with Crippen molar-refractivity contribution in [1.82, 2.24) is 29.9 Å². The highest BCUT2D eigenvalue weighted by Crippen LogP contribution is 2.25. The predicted octanol–water partition coefficient (Wildman–Crippen LogP) is 0.818. The van der Waals surface area contributed by atoms with Gasteiger partial charge >= 0.3 is 0 Å². The largest absolute Gasteiger partial charge is 0.383 e. The lowest BCUT2D eigenvalue weighted by Gasteiger charge is -1.94. The lowest BCUT2D eigenvalue weighted by atomic mass is 10.3. The first kappa shape index (κ1) is 11.3. The second-order valence-corrected chi connectivity index (χ2v) is 3.98. The number of nitrogens with zero attached hydrogens (tertiary/aromatic N) is 6. The zero-order chi connectivity index (χ0) is 13.4. The van der Waals surface area contributed by atoms with Gasteiger partial charge in [0.05, 0.1) is 6.20 Å². The molecule has 0 aromatic carbocycles. The first-order chi connectivity index (χ1) is 9.15. The molecule has 0 amide bonds. The number of anilines is 1. The fourth-order valence-corrected chi connectivity index (χ4v) is 1.63. The minimum absolute atomic E-state index is 0.317. The number of rotatable bonds is 2. The van der Waals surface area contributed by atoms with Crippen molar-refractivity contribution in [3.8, 4) is 23.0 Å². The monoisotopic (exact) mass is 257 g/mol. The van der Waals surface area contributed by atoms with E-state index >= 15 is 0 Å². The Balaban J connectivity index is 2.02. The van der Waals surface area contributed by atoms with Crippen LogP contribution in [0, 0.1) is 6.92 Å². The molecular formula is C11H11N7O. The molecule has 0 spiro atoms. The van der Waals surface area contributed by atoms with E-state index in [0.29, 0.717) is 34.6 Å². The molecule has 0 atom stereocenters. The molecular weight excluding hydrogens is 246 g/mol. The number of aryl methyl sites for hydroxylation is 2. The summed E-state index contributed by atoms with van der Waals surface area (Å²) >= 11 is 0. The van der Waals surface area contributed by atoms with Crippen molar-refractivity contribution in [2.24, 2.45) is 7.05 Å². The summed E-state index contributed by atoms with van der Waals surface area (Å²) in [6.45, 7) is 1.80. The molecule has 0 aliphatic carbocycles. The fraction of sp³-hybridized carbons (Fsp3) is 0.182. The van der Waals surface area contributed by atoms with E-state index in [0.717, 1.165) is 0 Å². The van der Waals surface area contributed by atoms with Crippen LogP contribution in [0.4, 0.5) is 5.82 Å². The molecule has 3 aromatic heterocycles. The maximum atomic E-state index is 5.85. The normalized spacial score (nSPS) is 10.8. The summed E-state index contributed by atoms with van der Waals surface area (Å²) < 4.78 is 6.72. The Morgan fingerprint density at radius 3 is 2.84 bits per heavy atom. The van der Waals surface area contributed by atoms with Gasteiger partial charge in [-0.15, -0.1) is 0 Å². The van der Waals surface area contributed by atoms with Gasteiger partial charge in [-0.25, -0.2) is 9.97 Å². The second kappa shape index (κ2) is 4.16. The summed E-state index contributed by atoms with van der Waals surface area (Å²) in [5.41, 5.74) is 7.06. The van der Waals surface area contributed by atoms with Gasteiger partial charge in [-0.3, -0.25) is 4.68 Å². The first-order valence-electron chi connectivity index (χ1n) is 5.56. The third kappa shape index (κ3) is 1.92. The van der Waals surface area contributed by atoms with Crippen LogP contribution in [0.3, 0.4) is 0 Å². The molecule has 3 rings (SSSR count). The lowest BCUT2D eigenvalue weighted by Crippen LogP contribution is -1.98. The average Bonchev–Trinajstić information content (AvgIpc) is 2.98. The zero-order valence-electron chi connectivity index (χ0n) is 10.4. The van der Waals surface area contributed by atoms with Gasteiger partial charge in [-0.1, -0.05) is 5.16 Å². The average molecular weight is 257 g/mol. The number of aromatic nitrogens is 6. The van der Waals surface area contributed by atoms with Crippen molar-refractivity contribution in [2.75, 3.05) is 5.73 Å². The number of hydrogen-bond acceptors (Lipinski definition) is 7. The van der Waals surface area contributed by atoms with Gasteiger partial charge in [0.1, 0.15) is 22.9 Å². The number of hydrogen-bond donors (Lipinski definition) is 1. The Hall–Kier alpha value is -2.77. The maximum Gasteiger partial charge on any atom is 0.263 e. The molecule has 0 radical (unpaired) electrons. The summed E-state index contributed by atoms with van der Waals surface area (Å²) in [4.78, 5) is 12.5. The van der Waals surface area contributed by atoms with Crippen LogP contribution in [0.15, 0.2) is 23.0 Å². The van der Waals surface area contributed by atoms with Crippen LogP contribution in [0.1, 0.15) is 5.82 Å². The summed E-state index contributed by atoms with van der Waals surface area (Å²) in [5.74, 6) is 1.82. The van der Waals surface area contributed by atoms with Gasteiger partial charge in [0, 0.05) is 13.2 Å². The molecule has 0 unspecified atom stereocenters. The van der Waals surface area contributed by atoms with Crippen LogP contribution >= 0.6 is 0 Å². The van der Waals surface area contributed by atoms with Gasteiger partial charge < -0.3 is 10.3 Å². The lowest BCUT2D eigenvalue weighted by molar-refractivity contribution is 0.432. The standard InChI is InChI=1S/C11H11N7O/c1-6-13-4-3-8(15-6)10-16-11(19-17-10)7-5-14-18(2)9(7)12/h3-5H,12H2,1-2H3. The molecule has 8 nitrogen and oxygen atoms in total. The molecule has 0 bridgehead atoms. The van der Waals surface area contributed by atoms with Crippen molar-refractivity contribution in [3.05, 3.63) is 24.3 Å². The van der Waals surface area contributed by atoms with Crippen molar-refractivity contribution in [2.45, 2.75) is 6.92 Å². The summed E-state index contributed by atoms with van der Waals surface area (Å²) in [7, 11) is 1.74. The van der Waals surface area contributed by atoms with Crippen molar-refractivity contribution < 1.29 is 4.52 Å². The van der Waals surface area contributed by atoms with Crippen LogP contribution < -0.4 is 5.73 Å². The summed E-state index contributed by atoms with van der Waals surface area (Å²) in [5, 5.41) is 7.91. The van der Waals surface area contributed by atoms with E-state index in [-0.39, 0.29) is 0 Å². The van der Waals surface area contributed by atoms with E-state index in [9.17, 15) is 0 Å². The van der Waals surface area contributed by atoms with E-state index in [1.807, 2.05) is 0 Å². The topological polar surface area (TPSA) is 109 Å². The minimum Gasteiger partial charge on any atom is -0.383 e. The minimum atomic E-state index is 0.317. The Morgan fingerprint density at radius 2 is 2.16 bits per heavy atom. The molecule has 0 saturated heterocycles. The van der Waals surface area contributed by atoms with Crippen LogP contribution in [0.5, 0.6) is 0 Å². The Morgan fingerprint density at radius 1 is 1.32 bits per heavy atom. The van der Waals surface area contributed by atoms with E-state index in [4.69, 9.17) is 10.3 Å². The molecule has 2 N–H and O–H groups in total. The molecule has 0 fully saturated rings. The quantitative estimate of drug-likeness (QED) is 0.723. The molecule has 96 valence electrons. The van der Waals surface area contributed by atoms with Gasteiger partial charge in [0.25, 0.3) is 5.89 Å². The van der Waals surface area contributed by atoms with Gasteiger partial charge in [0.2, 0.25) is 5.82 Å². The predicted molar refractivity (Wildman–Crippen MR) is 66.7 cm³/mol. The van der Waals surface area contributed by atoms with Crippen molar-refractivity contribution >= 4 is 5.82 Å². The molecule has 3 heterocycles. The molecule has 8 heteroatoms. The van der Waals surface area contributed by atoms with Crippen molar-refractivity contribution in [1.29, 1.82) is 0 Å². The number of nitrogens with two attached hydrogens (primary N) is 1. The molecule has 3 aromatic rings. The van der Waals surface area contributed by atoms with Crippen molar-refractivity contribution in [3.63, 3.8) is 0 Å². The summed E-state index contributed by atoms with van der Waals surface area (Å²) in [6.07, 6.45) is 3.23. The summed E-state index contributed by atoms with van der Waals surface area (Å²) in [6, 6.07) is 1.72.